The molecule has 110 valence electrons. The van der Waals surface area contributed by atoms with Crippen molar-refractivity contribution in [3.63, 3.8) is 0 Å². The highest BCUT2D eigenvalue weighted by Gasteiger charge is 2.19. The molecule has 7 heteroatoms. The maximum absolute atomic E-state index is 12.4. The van der Waals surface area contributed by atoms with Gasteiger partial charge in [-0.2, -0.15) is 0 Å². The van der Waals surface area contributed by atoms with Gasteiger partial charge in [0.2, 0.25) is 0 Å². The minimum Gasteiger partial charge on any atom is -0.478 e. The highest BCUT2D eigenvalue weighted by atomic mass is 32.2. The first-order valence-electron chi connectivity index (χ1n) is 6.09. The van der Waals surface area contributed by atoms with Crippen molar-refractivity contribution in [2.75, 3.05) is 4.72 Å². The van der Waals surface area contributed by atoms with E-state index in [1.165, 1.54) is 18.3 Å². The third-order valence-electron chi connectivity index (χ3n) is 2.89. The van der Waals surface area contributed by atoms with Crippen LogP contribution in [0.1, 0.15) is 21.6 Å². The number of aromatic carboxylic acids is 1. The van der Waals surface area contributed by atoms with Crippen molar-refractivity contribution in [1.29, 1.82) is 0 Å². The molecule has 6 nitrogen and oxygen atoms in total. The summed E-state index contributed by atoms with van der Waals surface area (Å²) in [5.74, 6) is -1.18. The summed E-state index contributed by atoms with van der Waals surface area (Å²) in [5, 5.41) is 8.96. The molecule has 2 aromatic rings. The summed E-state index contributed by atoms with van der Waals surface area (Å²) >= 11 is 0. The minimum atomic E-state index is -3.87. The largest absolute Gasteiger partial charge is 0.478 e. The molecule has 0 unspecified atom stereocenters. The molecule has 0 bridgehead atoms. The molecule has 0 spiro atoms. The van der Waals surface area contributed by atoms with Gasteiger partial charge in [0, 0.05) is 5.69 Å². The predicted octanol–water partition coefficient (Wildman–Crippen LogP) is 2.20. The molecule has 0 aliphatic heterocycles. The Morgan fingerprint density at radius 2 is 1.90 bits per heavy atom. The van der Waals surface area contributed by atoms with Crippen LogP contribution in [0.2, 0.25) is 0 Å². The lowest BCUT2D eigenvalue weighted by atomic mass is 10.1. The Bertz CT molecular complexity index is 783. The number of hydrogen-bond acceptors (Lipinski definition) is 4. The van der Waals surface area contributed by atoms with Gasteiger partial charge in [0.25, 0.3) is 10.0 Å². The normalized spacial score (nSPS) is 11.1. The maximum Gasteiger partial charge on any atom is 0.335 e. The van der Waals surface area contributed by atoms with Gasteiger partial charge in [0.05, 0.1) is 22.3 Å². The Hall–Kier alpha value is -2.41. The van der Waals surface area contributed by atoms with Gasteiger partial charge >= 0.3 is 5.97 Å². The van der Waals surface area contributed by atoms with E-state index in [2.05, 4.69) is 9.71 Å². The van der Waals surface area contributed by atoms with E-state index in [9.17, 15) is 13.2 Å². The second-order valence-electron chi connectivity index (χ2n) is 4.58. The molecule has 21 heavy (non-hydrogen) atoms. The van der Waals surface area contributed by atoms with Crippen LogP contribution in [0.25, 0.3) is 0 Å². The molecule has 0 saturated carbocycles. The quantitative estimate of drug-likeness (QED) is 0.902. The summed E-state index contributed by atoms with van der Waals surface area (Å²) in [6, 6.07) is 7.24. The van der Waals surface area contributed by atoms with Crippen molar-refractivity contribution in [3.8, 4) is 0 Å². The van der Waals surface area contributed by atoms with Gasteiger partial charge in [-0.25, -0.2) is 13.2 Å². The predicted molar refractivity (Wildman–Crippen MR) is 77.9 cm³/mol. The zero-order valence-electron chi connectivity index (χ0n) is 11.5. The van der Waals surface area contributed by atoms with Crippen molar-refractivity contribution in [2.45, 2.75) is 18.7 Å². The molecule has 1 aromatic carbocycles. The van der Waals surface area contributed by atoms with E-state index in [4.69, 9.17) is 5.11 Å². The highest BCUT2D eigenvalue weighted by molar-refractivity contribution is 7.92. The number of aryl methyl sites for hydroxylation is 2. The molecular weight excluding hydrogens is 292 g/mol. The van der Waals surface area contributed by atoms with Gasteiger partial charge in [-0.15, -0.1) is 0 Å². The molecule has 0 saturated heterocycles. The summed E-state index contributed by atoms with van der Waals surface area (Å²) in [6.07, 6.45) is 1.41. The van der Waals surface area contributed by atoms with E-state index < -0.39 is 16.0 Å². The van der Waals surface area contributed by atoms with E-state index in [0.29, 0.717) is 11.3 Å². The standard InChI is InChI=1S/C14H14N2O4S/c1-9-3-5-11(14(17)18)7-13(9)21(19,20)16-12-6-4-10(2)15-8-12/h3-8,16H,1-2H3,(H,17,18). The van der Waals surface area contributed by atoms with Crippen LogP contribution in [0.15, 0.2) is 41.4 Å². The zero-order chi connectivity index (χ0) is 15.6. The van der Waals surface area contributed by atoms with Crippen LogP contribution in [0, 0.1) is 13.8 Å². The van der Waals surface area contributed by atoms with E-state index in [1.807, 2.05) is 0 Å². The Morgan fingerprint density at radius 3 is 2.48 bits per heavy atom. The monoisotopic (exact) mass is 306 g/mol. The van der Waals surface area contributed by atoms with E-state index in [1.54, 1.807) is 26.0 Å². The number of carbonyl (C=O) groups is 1. The lowest BCUT2D eigenvalue weighted by Crippen LogP contribution is -2.15. The third-order valence-corrected chi connectivity index (χ3v) is 4.41. The van der Waals surface area contributed by atoms with Crippen LogP contribution in [-0.4, -0.2) is 24.5 Å². The van der Waals surface area contributed by atoms with Gasteiger partial charge in [0.1, 0.15) is 0 Å². The SMILES string of the molecule is Cc1ccc(NS(=O)(=O)c2cc(C(=O)O)ccc2C)cn1. The van der Waals surface area contributed by atoms with E-state index in [-0.39, 0.29) is 10.5 Å². The Labute approximate surface area is 122 Å². The Morgan fingerprint density at radius 1 is 1.19 bits per heavy atom. The van der Waals surface area contributed by atoms with Crippen LogP contribution in [0.3, 0.4) is 0 Å². The molecule has 0 fully saturated rings. The number of rotatable bonds is 4. The van der Waals surface area contributed by atoms with Gasteiger partial charge in [-0.05, 0) is 43.7 Å². The van der Waals surface area contributed by atoms with E-state index in [0.717, 1.165) is 11.8 Å². The van der Waals surface area contributed by atoms with Crippen molar-refractivity contribution < 1.29 is 18.3 Å². The second kappa shape index (κ2) is 5.53. The Balaban J connectivity index is 2.41. The first-order valence-corrected chi connectivity index (χ1v) is 7.57. The molecule has 0 radical (unpaired) electrons. The molecule has 0 atom stereocenters. The highest BCUT2D eigenvalue weighted by Crippen LogP contribution is 2.20. The number of pyridine rings is 1. The summed E-state index contributed by atoms with van der Waals surface area (Å²) < 4.78 is 27.1. The molecule has 0 aliphatic carbocycles. The van der Waals surface area contributed by atoms with Crippen LogP contribution >= 0.6 is 0 Å². The maximum atomic E-state index is 12.4. The van der Waals surface area contributed by atoms with Crippen LogP contribution < -0.4 is 4.72 Å². The number of aromatic nitrogens is 1. The van der Waals surface area contributed by atoms with Crippen molar-refractivity contribution in [3.05, 3.63) is 53.3 Å². The molecule has 0 aliphatic rings. The smallest absolute Gasteiger partial charge is 0.335 e. The third kappa shape index (κ3) is 3.38. The summed E-state index contributed by atoms with van der Waals surface area (Å²) in [4.78, 5) is 14.9. The van der Waals surface area contributed by atoms with Gasteiger partial charge in [-0.3, -0.25) is 9.71 Å². The number of sulfonamides is 1. The van der Waals surface area contributed by atoms with E-state index >= 15 is 0 Å². The average molecular weight is 306 g/mol. The number of anilines is 1. The first kappa shape index (κ1) is 15.0. The number of carboxylic acids is 1. The zero-order valence-corrected chi connectivity index (χ0v) is 12.3. The van der Waals surface area contributed by atoms with Crippen molar-refractivity contribution in [2.24, 2.45) is 0 Å². The number of carboxylic acid groups (broad SMARTS) is 1. The molecule has 1 heterocycles. The molecule has 0 amide bonds. The molecular formula is C14H14N2O4S. The van der Waals surface area contributed by atoms with Crippen molar-refractivity contribution >= 4 is 21.7 Å². The van der Waals surface area contributed by atoms with Gasteiger partial charge in [0.15, 0.2) is 0 Å². The first-order chi connectivity index (χ1) is 9.79. The van der Waals surface area contributed by atoms with Gasteiger partial charge < -0.3 is 5.11 Å². The second-order valence-corrected chi connectivity index (χ2v) is 6.23. The van der Waals surface area contributed by atoms with Crippen molar-refractivity contribution in [1.82, 2.24) is 4.98 Å². The summed E-state index contributed by atoms with van der Waals surface area (Å²) in [6.45, 7) is 3.40. The fraction of sp³-hybridized carbons (Fsp3) is 0.143. The molecule has 2 N–H and O–H groups in total. The average Bonchev–Trinajstić information content (AvgIpc) is 2.41. The fourth-order valence-electron chi connectivity index (χ4n) is 1.76. The number of hydrogen-bond donors (Lipinski definition) is 2. The topological polar surface area (TPSA) is 96.4 Å². The number of benzene rings is 1. The summed E-state index contributed by atoms with van der Waals surface area (Å²) in [5.41, 5.74) is 1.47. The van der Waals surface area contributed by atoms with Crippen LogP contribution in [-0.2, 0) is 10.0 Å². The minimum absolute atomic E-state index is 0.0667. The Kier molecular flexibility index (Phi) is 3.95. The van der Waals surface area contributed by atoms with Crippen LogP contribution in [0.4, 0.5) is 5.69 Å². The molecule has 1 aromatic heterocycles. The summed E-state index contributed by atoms with van der Waals surface area (Å²) in [7, 11) is -3.87. The van der Waals surface area contributed by atoms with Gasteiger partial charge in [-0.1, -0.05) is 6.07 Å². The molecule has 2 rings (SSSR count). The lowest BCUT2D eigenvalue weighted by Gasteiger charge is -2.11. The number of nitrogens with zero attached hydrogens (tertiary/aromatic N) is 1. The van der Waals surface area contributed by atoms with Crippen LogP contribution in [0.5, 0.6) is 0 Å². The lowest BCUT2D eigenvalue weighted by molar-refractivity contribution is 0.0696. The number of nitrogens with one attached hydrogen (secondary N) is 1. The fourth-order valence-corrected chi connectivity index (χ4v) is 3.08.